The molecule has 0 aliphatic rings. The van der Waals surface area contributed by atoms with E-state index < -0.39 is 6.09 Å². The van der Waals surface area contributed by atoms with Crippen molar-refractivity contribution in [1.82, 2.24) is 0 Å². The van der Waals surface area contributed by atoms with Gasteiger partial charge in [-0.3, -0.25) is 5.32 Å². The van der Waals surface area contributed by atoms with Crippen LogP contribution < -0.4 is 10.6 Å². The van der Waals surface area contributed by atoms with Crippen LogP contribution in [-0.4, -0.2) is 19.7 Å². The summed E-state index contributed by atoms with van der Waals surface area (Å²) < 4.78 is 4.92. The number of anilines is 2. The van der Waals surface area contributed by atoms with E-state index >= 15 is 0 Å². The Kier molecular flexibility index (Phi) is 4.47. The SMILES string of the molecule is CCCOC(=O)Nc1ccccc1NC. The second-order valence-corrected chi connectivity index (χ2v) is 3.06. The van der Waals surface area contributed by atoms with Gasteiger partial charge in [-0.1, -0.05) is 19.1 Å². The number of hydrogen-bond donors (Lipinski definition) is 2. The topological polar surface area (TPSA) is 50.4 Å². The molecule has 1 aromatic rings. The summed E-state index contributed by atoms with van der Waals surface area (Å²) in [4.78, 5) is 11.3. The first-order chi connectivity index (χ1) is 7.27. The normalized spacial score (nSPS) is 9.47. The Bertz CT molecular complexity index is 326. The quantitative estimate of drug-likeness (QED) is 0.799. The van der Waals surface area contributed by atoms with Gasteiger partial charge in [0, 0.05) is 7.05 Å². The second-order valence-electron chi connectivity index (χ2n) is 3.06. The Labute approximate surface area is 89.6 Å². The molecule has 0 spiro atoms. The zero-order valence-electron chi connectivity index (χ0n) is 9.04. The van der Waals surface area contributed by atoms with Crippen molar-refractivity contribution in [3.8, 4) is 0 Å². The molecule has 0 fully saturated rings. The highest BCUT2D eigenvalue weighted by atomic mass is 16.5. The monoisotopic (exact) mass is 208 g/mol. The Hall–Kier alpha value is -1.71. The molecule has 0 aliphatic heterocycles. The van der Waals surface area contributed by atoms with Crippen LogP contribution in [0.5, 0.6) is 0 Å². The molecule has 0 aliphatic carbocycles. The number of benzene rings is 1. The lowest BCUT2D eigenvalue weighted by Crippen LogP contribution is -2.14. The summed E-state index contributed by atoms with van der Waals surface area (Å²) in [6, 6.07) is 7.46. The van der Waals surface area contributed by atoms with Crippen molar-refractivity contribution in [3.05, 3.63) is 24.3 Å². The van der Waals surface area contributed by atoms with Crippen molar-refractivity contribution in [3.63, 3.8) is 0 Å². The van der Waals surface area contributed by atoms with Crippen molar-refractivity contribution in [2.45, 2.75) is 13.3 Å². The van der Waals surface area contributed by atoms with Gasteiger partial charge in [-0.05, 0) is 18.6 Å². The molecule has 0 aromatic heterocycles. The maximum atomic E-state index is 11.3. The molecular formula is C11H16N2O2. The summed E-state index contributed by atoms with van der Waals surface area (Å²) >= 11 is 0. The van der Waals surface area contributed by atoms with E-state index in [0.29, 0.717) is 6.61 Å². The zero-order chi connectivity index (χ0) is 11.1. The average molecular weight is 208 g/mol. The maximum absolute atomic E-state index is 11.3. The predicted octanol–water partition coefficient (Wildman–Crippen LogP) is 2.69. The molecule has 15 heavy (non-hydrogen) atoms. The summed E-state index contributed by atoms with van der Waals surface area (Å²) in [6.07, 6.45) is 0.403. The molecule has 0 radical (unpaired) electrons. The zero-order valence-corrected chi connectivity index (χ0v) is 9.04. The molecule has 0 heterocycles. The van der Waals surface area contributed by atoms with Crippen molar-refractivity contribution in [1.29, 1.82) is 0 Å². The summed E-state index contributed by atoms with van der Waals surface area (Å²) in [5, 5.41) is 5.66. The van der Waals surface area contributed by atoms with Crippen LogP contribution in [0.25, 0.3) is 0 Å². The van der Waals surface area contributed by atoms with Crippen molar-refractivity contribution in [2.75, 3.05) is 24.3 Å². The largest absolute Gasteiger partial charge is 0.449 e. The van der Waals surface area contributed by atoms with Gasteiger partial charge in [-0.25, -0.2) is 4.79 Å². The molecule has 2 N–H and O–H groups in total. The summed E-state index contributed by atoms with van der Waals surface area (Å²) in [5.41, 5.74) is 1.59. The van der Waals surface area contributed by atoms with Crippen LogP contribution in [0.15, 0.2) is 24.3 Å². The third-order valence-corrected chi connectivity index (χ3v) is 1.87. The number of ether oxygens (including phenoxy) is 1. The van der Waals surface area contributed by atoms with Crippen LogP contribution in [0, 0.1) is 0 Å². The smallest absolute Gasteiger partial charge is 0.411 e. The number of rotatable bonds is 4. The lowest BCUT2D eigenvalue weighted by molar-refractivity contribution is 0.161. The molecule has 0 unspecified atom stereocenters. The molecule has 0 saturated heterocycles. The van der Waals surface area contributed by atoms with Gasteiger partial charge >= 0.3 is 6.09 Å². The minimum atomic E-state index is -0.417. The van der Waals surface area contributed by atoms with Gasteiger partial charge < -0.3 is 10.1 Å². The highest BCUT2D eigenvalue weighted by Crippen LogP contribution is 2.19. The second kappa shape index (κ2) is 5.90. The van der Waals surface area contributed by atoms with Gasteiger partial charge in [0.1, 0.15) is 0 Å². The van der Waals surface area contributed by atoms with Crippen LogP contribution in [0.3, 0.4) is 0 Å². The Balaban J connectivity index is 2.59. The van der Waals surface area contributed by atoms with Crippen LogP contribution in [-0.2, 0) is 4.74 Å². The lowest BCUT2D eigenvalue weighted by atomic mass is 10.2. The molecule has 4 heteroatoms. The fourth-order valence-electron chi connectivity index (χ4n) is 1.15. The number of carbonyl (C=O) groups is 1. The molecular weight excluding hydrogens is 192 g/mol. The van der Waals surface area contributed by atoms with Crippen LogP contribution in [0.4, 0.5) is 16.2 Å². The number of para-hydroxylation sites is 2. The van der Waals surface area contributed by atoms with Crippen LogP contribution in [0.1, 0.15) is 13.3 Å². The molecule has 1 aromatic carbocycles. The number of hydrogen-bond acceptors (Lipinski definition) is 3. The molecule has 0 bridgehead atoms. The van der Waals surface area contributed by atoms with Gasteiger partial charge in [0.05, 0.1) is 18.0 Å². The minimum Gasteiger partial charge on any atom is -0.449 e. The van der Waals surface area contributed by atoms with Gasteiger partial charge in [0.2, 0.25) is 0 Å². The van der Waals surface area contributed by atoms with Gasteiger partial charge in [-0.15, -0.1) is 0 Å². The van der Waals surface area contributed by atoms with E-state index in [1.807, 2.05) is 31.2 Å². The van der Waals surface area contributed by atoms with Gasteiger partial charge in [0.25, 0.3) is 0 Å². The average Bonchev–Trinajstić information content (AvgIpc) is 2.27. The predicted molar refractivity (Wildman–Crippen MR) is 61.3 cm³/mol. The van der Waals surface area contributed by atoms with E-state index in [-0.39, 0.29) is 0 Å². The first kappa shape index (κ1) is 11.4. The van der Waals surface area contributed by atoms with E-state index in [4.69, 9.17) is 4.74 Å². The lowest BCUT2D eigenvalue weighted by Gasteiger charge is -2.10. The van der Waals surface area contributed by atoms with Gasteiger partial charge in [0.15, 0.2) is 0 Å². The van der Waals surface area contributed by atoms with Crippen molar-refractivity contribution in [2.24, 2.45) is 0 Å². The fraction of sp³-hybridized carbons (Fsp3) is 0.364. The van der Waals surface area contributed by atoms with Gasteiger partial charge in [-0.2, -0.15) is 0 Å². The summed E-state index contributed by atoms with van der Waals surface area (Å²) in [7, 11) is 1.80. The Morgan fingerprint density at radius 3 is 2.60 bits per heavy atom. The molecule has 0 saturated carbocycles. The summed E-state index contributed by atoms with van der Waals surface area (Å²) in [6.45, 7) is 2.39. The number of amides is 1. The van der Waals surface area contributed by atoms with E-state index in [9.17, 15) is 4.79 Å². The van der Waals surface area contributed by atoms with E-state index in [2.05, 4.69) is 10.6 Å². The number of carbonyl (C=O) groups excluding carboxylic acids is 1. The summed E-state index contributed by atoms with van der Waals surface area (Å²) in [5.74, 6) is 0. The van der Waals surface area contributed by atoms with Crippen molar-refractivity contribution >= 4 is 17.5 Å². The van der Waals surface area contributed by atoms with Crippen molar-refractivity contribution < 1.29 is 9.53 Å². The number of nitrogens with one attached hydrogen (secondary N) is 2. The third kappa shape index (κ3) is 3.50. The Morgan fingerprint density at radius 1 is 1.33 bits per heavy atom. The van der Waals surface area contributed by atoms with Crippen LogP contribution in [0.2, 0.25) is 0 Å². The standard InChI is InChI=1S/C11H16N2O2/c1-3-8-15-11(14)13-10-7-5-4-6-9(10)12-2/h4-7,12H,3,8H2,1-2H3,(H,13,14). The first-order valence-corrected chi connectivity index (χ1v) is 4.98. The molecule has 1 amide bonds. The highest BCUT2D eigenvalue weighted by Gasteiger charge is 2.05. The molecule has 0 atom stereocenters. The Morgan fingerprint density at radius 2 is 2.00 bits per heavy atom. The maximum Gasteiger partial charge on any atom is 0.411 e. The molecule has 1 rings (SSSR count). The van der Waals surface area contributed by atoms with Crippen LogP contribution >= 0.6 is 0 Å². The minimum absolute atomic E-state index is 0.417. The molecule has 82 valence electrons. The fourth-order valence-corrected chi connectivity index (χ4v) is 1.15. The van der Waals surface area contributed by atoms with E-state index in [0.717, 1.165) is 17.8 Å². The molecule has 4 nitrogen and oxygen atoms in total. The highest BCUT2D eigenvalue weighted by molar-refractivity contribution is 5.89. The third-order valence-electron chi connectivity index (χ3n) is 1.87. The first-order valence-electron chi connectivity index (χ1n) is 4.98. The van der Waals surface area contributed by atoms with E-state index in [1.54, 1.807) is 7.05 Å². The van der Waals surface area contributed by atoms with E-state index in [1.165, 1.54) is 0 Å².